The van der Waals surface area contributed by atoms with E-state index >= 15 is 0 Å². The van der Waals surface area contributed by atoms with Gasteiger partial charge in [0, 0.05) is 49.5 Å². The molecule has 2 aromatic carbocycles. The zero-order valence-electron chi connectivity index (χ0n) is 18.7. The first-order chi connectivity index (χ1) is 15.5. The number of methoxy groups -OCH3 is 1. The van der Waals surface area contributed by atoms with Crippen LogP contribution in [0.3, 0.4) is 0 Å². The fourth-order valence-electron chi connectivity index (χ4n) is 4.11. The average Bonchev–Trinajstić information content (AvgIpc) is 3.12. The van der Waals surface area contributed by atoms with Crippen molar-refractivity contribution < 1.29 is 14.3 Å². The Morgan fingerprint density at radius 2 is 1.53 bits per heavy atom. The number of benzene rings is 2. The highest BCUT2D eigenvalue weighted by atomic mass is 16.5. The van der Waals surface area contributed by atoms with Crippen molar-refractivity contribution in [3.8, 4) is 5.69 Å². The van der Waals surface area contributed by atoms with Crippen molar-refractivity contribution in [2.75, 3.05) is 33.3 Å². The zero-order chi connectivity index (χ0) is 22.7. The molecule has 4 rings (SSSR count). The molecule has 0 spiro atoms. The summed E-state index contributed by atoms with van der Waals surface area (Å²) < 4.78 is 6.71. The first-order valence-electron chi connectivity index (χ1n) is 10.8. The predicted octanol–water partition coefficient (Wildman–Crippen LogP) is 3.23. The summed E-state index contributed by atoms with van der Waals surface area (Å²) in [6, 6.07) is 16.8. The molecular formula is C25H28N4O3. The molecular weight excluding hydrogens is 404 g/mol. The van der Waals surface area contributed by atoms with Crippen LogP contribution in [-0.4, -0.2) is 64.7 Å². The molecule has 1 fully saturated rings. The van der Waals surface area contributed by atoms with Gasteiger partial charge in [-0.25, -0.2) is 9.48 Å². The monoisotopic (exact) mass is 432 g/mol. The minimum Gasteiger partial charge on any atom is -0.465 e. The molecule has 166 valence electrons. The van der Waals surface area contributed by atoms with Crippen molar-refractivity contribution in [3.63, 3.8) is 0 Å². The Morgan fingerprint density at radius 3 is 2.16 bits per heavy atom. The van der Waals surface area contributed by atoms with E-state index in [4.69, 9.17) is 9.84 Å². The summed E-state index contributed by atoms with van der Waals surface area (Å²) in [5.41, 5.74) is 5.52. The number of carbonyl (C=O) groups is 2. The van der Waals surface area contributed by atoms with Crippen molar-refractivity contribution >= 4 is 11.9 Å². The molecule has 32 heavy (non-hydrogen) atoms. The quantitative estimate of drug-likeness (QED) is 0.579. The number of carbonyl (C=O) groups excluding carboxylic acids is 2. The number of piperazine rings is 1. The normalized spacial score (nSPS) is 14.4. The van der Waals surface area contributed by atoms with E-state index in [0.29, 0.717) is 24.2 Å². The minimum atomic E-state index is -0.404. The van der Waals surface area contributed by atoms with E-state index in [9.17, 15) is 9.59 Å². The lowest BCUT2D eigenvalue weighted by atomic mass is 10.1. The van der Waals surface area contributed by atoms with Gasteiger partial charge in [0.15, 0.2) is 0 Å². The fourth-order valence-corrected chi connectivity index (χ4v) is 4.11. The van der Waals surface area contributed by atoms with Gasteiger partial charge in [0.25, 0.3) is 5.91 Å². The molecule has 0 bridgehead atoms. The van der Waals surface area contributed by atoms with Crippen molar-refractivity contribution in [2.45, 2.75) is 20.4 Å². The number of aryl methyl sites for hydroxylation is 1. The Bertz CT molecular complexity index is 1100. The molecule has 7 heteroatoms. The maximum atomic E-state index is 12.9. The zero-order valence-corrected chi connectivity index (χ0v) is 18.7. The van der Waals surface area contributed by atoms with Gasteiger partial charge >= 0.3 is 5.97 Å². The maximum absolute atomic E-state index is 12.9. The molecule has 1 aliphatic heterocycles. The molecule has 0 aliphatic carbocycles. The number of esters is 1. The topological polar surface area (TPSA) is 67.7 Å². The second-order valence-electron chi connectivity index (χ2n) is 8.03. The Labute approximate surface area is 188 Å². The van der Waals surface area contributed by atoms with Gasteiger partial charge in [-0.1, -0.05) is 18.2 Å². The summed E-state index contributed by atoms with van der Waals surface area (Å²) >= 11 is 0. The second-order valence-corrected chi connectivity index (χ2v) is 8.03. The van der Waals surface area contributed by atoms with Gasteiger partial charge in [-0.2, -0.15) is 5.10 Å². The van der Waals surface area contributed by atoms with E-state index in [2.05, 4.69) is 30.9 Å². The Morgan fingerprint density at radius 1 is 0.906 bits per heavy atom. The van der Waals surface area contributed by atoms with Crippen molar-refractivity contribution in [3.05, 3.63) is 82.7 Å². The summed E-state index contributed by atoms with van der Waals surface area (Å²) in [7, 11) is 1.34. The molecule has 0 atom stereocenters. The third kappa shape index (κ3) is 4.43. The molecule has 1 amide bonds. The van der Waals surface area contributed by atoms with Crippen LogP contribution < -0.4 is 0 Å². The van der Waals surface area contributed by atoms with E-state index in [1.54, 1.807) is 24.3 Å². The van der Waals surface area contributed by atoms with Crippen molar-refractivity contribution in [1.29, 1.82) is 0 Å². The van der Waals surface area contributed by atoms with E-state index in [1.165, 1.54) is 12.7 Å². The highest BCUT2D eigenvalue weighted by Crippen LogP contribution is 2.20. The Kier molecular flexibility index (Phi) is 6.37. The van der Waals surface area contributed by atoms with Crippen LogP contribution in [0.15, 0.2) is 54.6 Å². The smallest absolute Gasteiger partial charge is 0.337 e. The van der Waals surface area contributed by atoms with Crippen LogP contribution in [0, 0.1) is 13.8 Å². The average molecular weight is 433 g/mol. The van der Waals surface area contributed by atoms with E-state index in [1.807, 2.05) is 27.8 Å². The highest BCUT2D eigenvalue weighted by molar-refractivity contribution is 5.96. The number of rotatable bonds is 5. The predicted molar refractivity (Wildman–Crippen MR) is 122 cm³/mol. The van der Waals surface area contributed by atoms with Gasteiger partial charge < -0.3 is 9.64 Å². The van der Waals surface area contributed by atoms with E-state index in [-0.39, 0.29) is 5.91 Å². The minimum absolute atomic E-state index is 0.00896. The fraction of sp³-hybridized carbons (Fsp3) is 0.320. The van der Waals surface area contributed by atoms with E-state index in [0.717, 1.165) is 36.7 Å². The first kappa shape index (κ1) is 21.8. The lowest BCUT2D eigenvalue weighted by Crippen LogP contribution is -2.48. The van der Waals surface area contributed by atoms with Gasteiger partial charge in [-0.15, -0.1) is 0 Å². The lowest BCUT2D eigenvalue weighted by molar-refractivity contribution is 0.0596. The first-order valence-corrected chi connectivity index (χ1v) is 10.8. The molecule has 0 saturated carbocycles. The van der Waals surface area contributed by atoms with Crippen LogP contribution in [0.2, 0.25) is 0 Å². The van der Waals surface area contributed by atoms with Crippen LogP contribution in [0.5, 0.6) is 0 Å². The number of hydrogen-bond donors (Lipinski definition) is 0. The maximum Gasteiger partial charge on any atom is 0.337 e. The Balaban J connectivity index is 1.38. The summed E-state index contributed by atoms with van der Waals surface area (Å²) in [5, 5.41) is 4.75. The molecule has 3 aromatic rings. The molecule has 7 nitrogen and oxygen atoms in total. The van der Waals surface area contributed by atoms with Gasteiger partial charge in [0.05, 0.1) is 24.1 Å². The SMILES string of the molecule is COC(=O)c1ccc(C(=O)N2CCN(Cc3c(C)nn(-c4ccccc4)c3C)CC2)cc1. The number of hydrogen-bond acceptors (Lipinski definition) is 5. The number of nitrogens with zero attached hydrogens (tertiary/aromatic N) is 4. The van der Waals surface area contributed by atoms with Crippen molar-refractivity contribution in [1.82, 2.24) is 19.6 Å². The second kappa shape index (κ2) is 9.36. The number of aromatic nitrogens is 2. The molecule has 1 saturated heterocycles. The lowest BCUT2D eigenvalue weighted by Gasteiger charge is -2.34. The standard InChI is InChI=1S/C25H28N4O3/c1-18-23(19(2)29(26-18)22-7-5-4-6-8-22)17-27-13-15-28(16-14-27)24(30)20-9-11-21(12-10-20)25(31)32-3/h4-12H,13-17H2,1-3H3. The molecule has 0 radical (unpaired) electrons. The van der Waals surface area contributed by atoms with Gasteiger partial charge in [0.2, 0.25) is 0 Å². The molecule has 2 heterocycles. The highest BCUT2D eigenvalue weighted by Gasteiger charge is 2.24. The largest absolute Gasteiger partial charge is 0.465 e. The molecule has 0 N–H and O–H groups in total. The summed E-state index contributed by atoms with van der Waals surface area (Å²) in [6.45, 7) is 7.94. The number of para-hydroxylation sites is 1. The molecule has 1 aliphatic rings. The van der Waals surface area contributed by atoms with E-state index < -0.39 is 5.97 Å². The van der Waals surface area contributed by atoms with Gasteiger partial charge in [0.1, 0.15) is 0 Å². The number of amides is 1. The van der Waals surface area contributed by atoms with Crippen LogP contribution in [0.1, 0.15) is 37.7 Å². The summed E-state index contributed by atoms with van der Waals surface area (Å²) in [4.78, 5) is 28.7. The van der Waals surface area contributed by atoms with Crippen molar-refractivity contribution in [2.24, 2.45) is 0 Å². The van der Waals surface area contributed by atoms with Crippen LogP contribution in [0.4, 0.5) is 0 Å². The summed E-state index contributed by atoms with van der Waals surface area (Å²) in [5.74, 6) is -0.413. The van der Waals surface area contributed by atoms with Crippen LogP contribution in [-0.2, 0) is 11.3 Å². The summed E-state index contributed by atoms with van der Waals surface area (Å²) in [6.07, 6.45) is 0. The number of ether oxygens (including phenoxy) is 1. The van der Waals surface area contributed by atoms with Gasteiger partial charge in [-0.05, 0) is 50.2 Å². The molecule has 1 aromatic heterocycles. The third-order valence-electron chi connectivity index (χ3n) is 6.04. The Hall–Kier alpha value is -3.45. The third-order valence-corrected chi connectivity index (χ3v) is 6.04. The molecule has 0 unspecified atom stereocenters. The van der Waals surface area contributed by atoms with Crippen LogP contribution >= 0.6 is 0 Å². The van der Waals surface area contributed by atoms with Crippen LogP contribution in [0.25, 0.3) is 5.69 Å². The van der Waals surface area contributed by atoms with Gasteiger partial charge in [-0.3, -0.25) is 9.69 Å².